The number of phenolic OH excluding ortho intramolecular Hbond substituents is 1. The first kappa shape index (κ1) is 17.2. The summed E-state index contributed by atoms with van der Waals surface area (Å²) in [5.74, 6) is 3.33. The molecule has 0 spiro atoms. The van der Waals surface area contributed by atoms with Crippen LogP contribution in [-0.2, 0) is 12.8 Å². The fourth-order valence-electron chi connectivity index (χ4n) is 4.54. The van der Waals surface area contributed by atoms with Gasteiger partial charge in [0.25, 0.3) is 0 Å². The molecule has 0 saturated heterocycles. The molecule has 0 heterocycles. The first-order valence-corrected chi connectivity index (χ1v) is 9.39. The van der Waals surface area contributed by atoms with Gasteiger partial charge in [0, 0.05) is 11.8 Å². The number of aromatic hydroxyl groups is 1. The van der Waals surface area contributed by atoms with Gasteiger partial charge in [-0.1, -0.05) is 47.9 Å². The van der Waals surface area contributed by atoms with Crippen LogP contribution >= 0.6 is 11.6 Å². The van der Waals surface area contributed by atoms with Crippen molar-refractivity contribution in [3.63, 3.8) is 0 Å². The number of allylic oxidation sites excluding steroid dienone is 1. The molecule has 3 heteroatoms. The average molecular weight is 365 g/mol. The zero-order chi connectivity index (χ0) is 18.1. The molecule has 4 rings (SSSR count). The smallest absolute Gasteiger partial charge is 0.131 e. The fraction of sp³-hybridized carbons (Fsp3) is 0.304. The second-order valence-electron chi connectivity index (χ2n) is 7.38. The van der Waals surface area contributed by atoms with Gasteiger partial charge in [-0.25, -0.2) is 0 Å². The molecule has 2 aliphatic carbocycles. The molecule has 0 unspecified atom stereocenters. The van der Waals surface area contributed by atoms with E-state index < -0.39 is 5.60 Å². The van der Waals surface area contributed by atoms with E-state index in [-0.39, 0.29) is 5.92 Å². The zero-order valence-corrected chi connectivity index (χ0v) is 15.3. The van der Waals surface area contributed by atoms with Crippen molar-refractivity contribution in [3.05, 3.63) is 70.8 Å². The predicted octanol–water partition coefficient (Wildman–Crippen LogP) is 4.68. The van der Waals surface area contributed by atoms with Gasteiger partial charge in [-0.3, -0.25) is 0 Å². The van der Waals surface area contributed by atoms with E-state index in [1.807, 2.05) is 30.3 Å². The lowest BCUT2D eigenvalue weighted by atomic mass is 9.66. The predicted molar refractivity (Wildman–Crippen MR) is 105 cm³/mol. The van der Waals surface area contributed by atoms with E-state index >= 15 is 0 Å². The quantitative estimate of drug-likeness (QED) is 0.760. The Bertz CT molecular complexity index is 920. The molecule has 2 aromatic rings. The number of aryl methyl sites for hydroxylation is 1. The molecular weight excluding hydrogens is 344 g/mol. The third-order valence-electron chi connectivity index (χ3n) is 5.56. The summed E-state index contributed by atoms with van der Waals surface area (Å²) >= 11 is 5.64. The number of hydrogen-bond acceptors (Lipinski definition) is 2. The number of benzene rings is 2. The standard InChI is InChI=1S/C23H21ClO2/c24-11-10-23(26)14-18-7-6-17-13-20(25)8-9-21(17)22(18)19(15-23)12-16-4-2-1-3-5-16/h1-5,8-9,13,19,25-26H,6-7,12,14-15H2/t19-,23-/m0/s1. The maximum absolute atomic E-state index is 11.0. The van der Waals surface area contributed by atoms with Gasteiger partial charge in [0.05, 0.1) is 0 Å². The molecular formula is C23H21ClO2. The van der Waals surface area contributed by atoms with Crippen molar-refractivity contribution >= 4 is 17.2 Å². The molecule has 2 aliphatic rings. The van der Waals surface area contributed by atoms with E-state index in [9.17, 15) is 10.2 Å². The van der Waals surface area contributed by atoms with Gasteiger partial charge < -0.3 is 10.2 Å². The van der Waals surface area contributed by atoms with Gasteiger partial charge in [0.2, 0.25) is 0 Å². The van der Waals surface area contributed by atoms with Crippen LogP contribution in [0.2, 0.25) is 0 Å². The summed E-state index contributed by atoms with van der Waals surface area (Å²) in [6, 6.07) is 16.0. The molecule has 0 radical (unpaired) electrons. The highest BCUT2D eigenvalue weighted by Gasteiger charge is 2.40. The molecule has 0 amide bonds. The van der Waals surface area contributed by atoms with E-state index in [0.29, 0.717) is 18.6 Å². The second kappa shape index (κ2) is 6.83. The summed E-state index contributed by atoms with van der Waals surface area (Å²) in [5.41, 5.74) is 5.20. The lowest BCUT2D eigenvalue weighted by Gasteiger charge is -2.40. The normalized spacial score (nSPS) is 24.3. The van der Waals surface area contributed by atoms with Gasteiger partial charge in [-0.2, -0.15) is 0 Å². The van der Waals surface area contributed by atoms with E-state index in [4.69, 9.17) is 11.6 Å². The molecule has 0 saturated carbocycles. The average Bonchev–Trinajstić information content (AvgIpc) is 2.62. The number of fused-ring (bicyclic) bond motifs is 2. The topological polar surface area (TPSA) is 40.5 Å². The third kappa shape index (κ3) is 3.26. The molecule has 2 N–H and O–H groups in total. The Morgan fingerprint density at radius 3 is 2.69 bits per heavy atom. The van der Waals surface area contributed by atoms with Crippen LogP contribution < -0.4 is 0 Å². The highest BCUT2D eigenvalue weighted by atomic mass is 35.5. The van der Waals surface area contributed by atoms with Gasteiger partial charge in [0.15, 0.2) is 0 Å². The van der Waals surface area contributed by atoms with Crippen molar-refractivity contribution in [2.24, 2.45) is 5.92 Å². The van der Waals surface area contributed by atoms with Crippen LogP contribution in [0.5, 0.6) is 5.75 Å². The molecule has 0 fully saturated rings. The van der Waals surface area contributed by atoms with Crippen molar-refractivity contribution in [1.82, 2.24) is 0 Å². The van der Waals surface area contributed by atoms with E-state index in [0.717, 1.165) is 19.3 Å². The van der Waals surface area contributed by atoms with Gasteiger partial charge >= 0.3 is 0 Å². The Morgan fingerprint density at radius 2 is 1.92 bits per heavy atom. The second-order valence-corrected chi connectivity index (χ2v) is 7.57. The number of rotatable bonds is 2. The van der Waals surface area contributed by atoms with Crippen LogP contribution in [0, 0.1) is 17.2 Å². The van der Waals surface area contributed by atoms with Crippen LogP contribution in [0.3, 0.4) is 0 Å². The third-order valence-corrected chi connectivity index (χ3v) is 5.65. The molecule has 0 aliphatic heterocycles. The van der Waals surface area contributed by atoms with Crippen molar-refractivity contribution in [1.29, 1.82) is 0 Å². The summed E-state index contributed by atoms with van der Waals surface area (Å²) in [7, 11) is 0. The molecule has 132 valence electrons. The first-order chi connectivity index (χ1) is 12.6. The van der Waals surface area contributed by atoms with E-state index in [2.05, 4.69) is 23.4 Å². The zero-order valence-electron chi connectivity index (χ0n) is 14.5. The number of halogens is 1. The van der Waals surface area contributed by atoms with E-state index in [1.165, 1.54) is 27.8 Å². The minimum atomic E-state index is -1.06. The molecule has 2 atom stereocenters. The van der Waals surface area contributed by atoms with Crippen molar-refractivity contribution < 1.29 is 10.2 Å². The maximum atomic E-state index is 11.0. The van der Waals surface area contributed by atoms with Crippen LogP contribution in [0.1, 0.15) is 36.0 Å². The minimum Gasteiger partial charge on any atom is -0.508 e. The van der Waals surface area contributed by atoms with Crippen LogP contribution in [0.25, 0.3) is 5.57 Å². The summed E-state index contributed by atoms with van der Waals surface area (Å²) in [6.45, 7) is 0. The lowest BCUT2D eigenvalue weighted by molar-refractivity contribution is 0.0739. The Labute approximate surface area is 159 Å². The summed E-state index contributed by atoms with van der Waals surface area (Å²) in [5, 5.41) is 23.3. The summed E-state index contributed by atoms with van der Waals surface area (Å²) in [4.78, 5) is 0. The molecule has 2 aromatic carbocycles. The molecule has 26 heavy (non-hydrogen) atoms. The number of aliphatic hydroxyl groups is 1. The van der Waals surface area contributed by atoms with Gasteiger partial charge in [-0.15, -0.1) is 0 Å². The Hall–Kier alpha value is -2.21. The van der Waals surface area contributed by atoms with Crippen molar-refractivity contribution in [3.8, 4) is 17.0 Å². The largest absolute Gasteiger partial charge is 0.508 e. The fourth-order valence-corrected chi connectivity index (χ4v) is 4.72. The van der Waals surface area contributed by atoms with Crippen LogP contribution in [-0.4, -0.2) is 15.8 Å². The highest BCUT2D eigenvalue weighted by Crippen LogP contribution is 2.48. The number of phenols is 1. The van der Waals surface area contributed by atoms with Crippen LogP contribution in [0.15, 0.2) is 54.1 Å². The molecule has 2 nitrogen and oxygen atoms in total. The SMILES string of the molecule is Oc1ccc2c(c1)CCC1=C2[C@@H](Cc2ccccc2)C[C@](O)(C#CCl)C1. The van der Waals surface area contributed by atoms with Gasteiger partial charge in [-0.05, 0) is 77.6 Å². The monoisotopic (exact) mass is 364 g/mol. The maximum Gasteiger partial charge on any atom is 0.131 e. The van der Waals surface area contributed by atoms with Crippen LogP contribution in [0.4, 0.5) is 0 Å². The minimum absolute atomic E-state index is 0.173. The van der Waals surface area contributed by atoms with Gasteiger partial charge in [0.1, 0.15) is 11.4 Å². The Kier molecular flexibility index (Phi) is 4.53. The van der Waals surface area contributed by atoms with Crippen molar-refractivity contribution in [2.45, 2.75) is 37.7 Å². The Morgan fingerprint density at radius 1 is 1.12 bits per heavy atom. The summed E-state index contributed by atoms with van der Waals surface area (Å²) in [6.07, 6.45) is 3.75. The van der Waals surface area contributed by atoms with E-state index in [1.54, 1.807) is 6.07 Å². The number of hydrogen-bond donors (Lipinski definition) is 2. The van der Waals surface area contributed by atoms with Crippen molar-refractivity contribution in [2.75, 3.05) is 0 Å². The highest BCUT2D eigenvalue weighted by molar-refractivity contribution is 6.30. The first-order valence-electron chi connectivity index (χ1n) is 9.01. The lowest BCUT2D eigenvalue weighted by Crippen LogP contribution is -2.37. The molecule has 0 bridgehead atoms. The Balaban J connectivity index is 1.80. The molecule has 0 aromatic heterocycles. The summed E-state index contributed by atoms with van der Waals surface area (Å²) < 4.78 is 0.